The summed E-state index contributed by atoms with van der Waals surface area (Å²) in [7, 11) is 1.42. The Kier molecular flexibility index (Phi) is 4.03. The van der Waals surface area contributed by atoms with E-state index in [1.54, 1.807) is 4.90 Å². The molecule has 5 nitrogen and oxygen atoms in total. The maximum absolute atomic E-state index is 12.9. The van der Waals surface area contributed by atoms with E-state index < -0.39 is 18.4 Å². The Morgan fingerprint density at radius 2 is 1.95 bits per heavy atom. The standard InChI is InChI=1S/C13H15N2O3.3CH3.Sn/c1-18-13(17)14-6-9-5-10(8-14)11-3-2-4-12(16)15(11)7-9;;;;/h2-3,9-10H,5-8H2,1H3;3*1H3;/t9-,10-;;;;/m1..../s1. The number of methoxy groups -OCH3 is 1. The molecule has 22 heavy (non-hydrogen) atoms. The van der Waals surface area contributed by atoms with Crippen molar-refractivity contribution in [3.8, 4) is 0 Å². The second kappa shape index (κ2) is 5.58. The van der Waals surface area contributed by atoms with Gasteiger partial charge in [-0.25, -0.2) is 0 Å². The first-order chi connectivity index (χ1) is 10.3. The molecule has 0 unspecified atom stereocenters. The van der Waals surface area contributed by atoms with Crippen LogP contribution in [0.15, 0.2) is 16.9 Å². The Labute approximate surface area is 135 Å². The van der Waals surface area contributed by atoms with Gasteiger partial charge in [-0.05, 0) is 0 Å². The molecule has 2 atom stereocenters. The number of pyridine rings is 1. The Morgan fingerprint density at radius 3 is 2.59 bits per heavy atom. The van der Waals surface area contributed by atoms with Crippen LogP contribution in [0, 0.1) is 5.92 Å². The molecule has 1 aromatic heterocycles. The van der Waals surface area contributed by atoms with Gasteiger partial charge in [-0.15, -0.1) is 0 Å². The first kappa shape index (κ1) is 15.9. The third-order valence-electron chi connectivity index (χ3n) is 4.85. The van der Waals surface area contributed by atoms with Crippen molar-refractivity contribution in [2.24, 2.45) is 5.92 Å². The van der Waals surface area contributed by atoms with Crippen LogP contribution in [0.4, 0.5) is 4.79 Å². The number of aromatic nitrogens is 1. The van der Waals surface area contributed by atoms with Gasteiger partial charge >= 0.3 is 135 Å². The summed E-state index contributed by atoms with van der Waals surface area (Å²) >= 11 is -2.39. The molecule has 0 aliphatic carbocycles. The first-order valence-corrected chi connectivity index (χ1v) is 17.9. The molecule has 120 valence electrons. The van der Waals surface area contributed by atoms with Gasteiger partial charge in [0.15, 0.2) is 0 Å². The summed E-state index contributed by atoms with van der Waals surface area (Å²) in [5.74, 6) is 0.608. The molecule has 6 heteroatoms. The quantitative estimate of drug-likeness (QED) is 0.660. The molecule has 1 aromatic rings. The maximum atomic E-state index is 12.9. The van der Waals surface area contributed by atoms with Crippen LogP contribution in [0.25, 0.3) is 0 Å². The molecular formula is C16H24N2O3Sn. The van der Waals surface area contributed by atoms with Gasteiger partial charge in [-0.3, -0.25) is 0 Å². The summed E-state index contributed by atoms with van der Waals surface area (Å²) in [6.07, 6.45) is 0.804. The van der Waals surface area contributed by atoms with Crippen LogP contribution in [0.3, 0.4) is 0 Å². The fourth-order valence-corrected chi connectivity index (χ4v) is 7.68. The van der Waals surface area contributed by atoms with Crippen molar-refractivity contribution in [3.05, 3.63) is 28.2 Å². The average molecular weight is 411 g/mol. The fraction of sp³-hybridized carbons (Fsp3) is 0.625. The molecular weight excluding hydrogens is 387 g/mol. The molecule has 2 aliphatic heterocycles. The van der Waals surface area contributed by atoms with E-state index in [4.69, 9.17) is 4.74 Å². The SMILES string of the molecule is COC(=O)N1C[C@H]2C[C@H](C1)c1cc[c]([Sn]([CH3])([CH3])[CH3])c(=O)n1C2. The summed E-state index contributed by atoms with van der Waals surface area (Å²) < 4.78 is 7.92. The van der Waals surface area contributed by atoms with Crippen molar-refractivity contribution >= 4 is 28.0 Å². The van der Waals surface area contributed by atoms with Crippen LogP contribution in [-0.4, -0.2) is 54.1 Å². The summed E-state index contributed by atoms with van der Waals surface area (Å²) in [4.78, 5) is 33.3. The second-order valence-electron chi connectivity index (χ2n) is 7.51. The zero-order chi connectivity index (χ0) is 16.1. The molecule has 0 N–H and O–H groups in total. The van der Waals surface area contributed by atoms with Crippen molar-refractivity contribution in [1.29, 1.82) is 0 Å². The van der Waals surface area contributed by atoms with E-state index in [0.717, 1.165) is 22.2 Å². The number of fused-ring (bicyclic) bond motifs is 4. The molecule has 2 aliphatic rings. The van der Waals surface area contributed by atoms with E-state index in [2.05, 4.69) is 27.0 Å². The van der Waals surface area contributed by atoms with E-state index in [1.165, 1.54) is 7.11 Å². The molecule has 0 spiro atoms. The minimum atomic E-state index is -2.39. The fourth-order valence-electron chi connectivity index (χ4n) is 3.79. The summed E-state index contributed by atoms with van der Waals surface area (Å²) in [5, 5.41) is 0. The van der Waals surface area contributed by atoms with Crippen molar-refractivity contribution < 1.29 is 9.53 Å². The summed E-state index contributed by atoms with van der Waals surface area (Å²) in [5.41, 5.74) is 1.32. The molecule has 1 saturated heterocycles. The zero-order valence-corrected chi connectivity index (χ0v) is 16.6. The van der Waals surface area contributed by atoms with Crippen LogP contribution in [0.2, 0.25) is 14.8 Å². The number of nitrogens with zero attached hydrogens (tertiary/aromatic N) is 2. The molecule has 1 amide bonds. The normalized spacial score (nSPS) is 23.9. The van der Waals surface area contributed by atoms with Gasteiger partial charge in [0.2, 0.25) is 0 Å². The number of carbonyl (C=O) groups excluding carboxylic acids is 1. The number of likely N-dealkylation sites (tertiary alicyclic amines) is 1. The van der Waals surface area contributed by atoms with Gasteiger partial charge in [-0.1, -0.05) is 0 Å². The molecule has 0 aromatic carbocycles. The second-order valence-corrected chi connectivity index (χ2v) is 21.9. The molecule has 1 fully saturated rings. The van der Waals surface area contributed by atoms with Crippen LogP contribution >= 0.6 is 0 Å². The number of ether oxygens (including phenoxy) is 1. The Balaban J connectivity index is 1.99. The number of hydrogen-bond acceptors (Lipinski definition) is 3. The van der Waals surface area contributed by atoms with Gasteiger partial charge in [-0.2, -0.15) is 0 Å². The van der Waals surface area contributed by atoms with E-state index >= 15 is 0 Å². The van der Waals surface area contributed by atoms with Gasteiger partial charge in [0.25, 0.3) is 0 Å². The van der Waals surface area contributed by atoms with Gasteiger partial charge < -0.3 is 0 Å². The number of rotatable bonds is 1. The molecule has 2 bridgehead atoms. The van der Waals surface area contributed by atoms with Gasteiger partial charge in [0.05, 0.1) is 0 Å². The van der Waals surface area contributed by atoms with E-state index in [-0.39, 0.29) is 17.6 Å². The number of amides is 1. The van der Waals surface area contributed by atoms with Gasteiger partial charge in [0.1, 0.15) is 0 Å². The summed E-state index contributed by atoms with van der Waals surface area (Å²) in [6, 6.07) is 4.18. The van der Waals surface area contributed by atoms with E-state index in [0.29, 0.717) is 19.0 Å². The van der Waals surface area contributed by atoms with Crippen LogP contribution < -0.4 is 9.14 Å². The minimum absolute atomic E-state index is 0.224. The number of hydrogen-bond donors (Lipinski definition) is 0. The van der Waals surface area contributed by atoms with E-state index in [9.17, 15) is 9.59 Å². The predicted octanol–water partition coefficient (Wildman–Crippen LogP) is 1.58. The number of carbonyl (C=O) groups is 1. The molecule has 3 heterocycles. The van der Waals surface area contributed by atoms with E-state index in [1.807, 2.05) is 4.57 Å². The van der Waals surface area contributed by atoms with Crippen molar-refractivity contribution in [2.45, 2.75) is 33.7 Å². The Morgan fingerprint density at radius 1 is 1.23 bits per heavy atom. The molecule has 0 saturated carbocycles. The van der Waals surface area contributed by atoms with Crippen molar-refractivity contribution in [2.75, 3.05) is 20.2 Å². The third kappa shape index (κ3) is 2.68. The predicted molar refractivity (Wildman–Crippen MR) is 88.5 cm³/mol. The number of piperidine rings is 1. The Hall–Kier alpha value is -0.981. The zero-order valence-electron chi connectivity index (χ0n) is 13.8. The average Bonchev–Trinajstić information content (AvgIpc) is 2.46. The van der Waals surface area contributed by atoms with Crippen molar-refractivity contribution in [3.63, 3.8) is 0 Å². The molecule has 3 rings (SSSR count). The first-order valence-electron chi connectivity index (χ1n) is 7.88. The van der Waals surface area contributed by atoms with Crippen LogP contribution in [0.5, 0.6) is 0 Å². The van der Waals surface area contributed by atoms with Crippen LogP contribution in [-0.2, 0) is 11.3 Å². The van der Waals surface area contributed by atoms with Gasteiger partial charge in [0, 0.05) is 0 Å². The van der Waals surface area contributed by atoms with Crippen molar-refractivity contribution in [1.82, 2.24) is 9.47 Å². The Bertz CT molecular complexity index is 662. The summed E-state index contributed by atoms with van der Waals surface area (Å²) in [6.45, 7) is 2.08. The van der Waals surface area contributed by atoms with Crippen LogP contribution in [0.1, 0.15) is 18.0 Å². The monoisotopic (exact) mass is 412 g/mol. The molecule has 0 radical (unpaired) electrons. The topological polar surface area (TPSA) is 51.5 Å². The third-order valence-corrected chi connectivity index (χ3v) is 10.5.